The van der Waals surface area contributed by atoms with Crippen LogP contribution < -0.4 is 16.1 Å². The van der Waals surface area contributed by atoms with E-state index in [4.69, 9.17) is 0 Å². The van der Waals surface area contributed by atoms with Gasteiger partial charge in [0, 0.05) is 23.9 Å². The van der Waals surface area contributed by atoms with Gasteiger partial charge in [-0.15, -0.1) is 0 Å². The Bertz CT molecular complexity index is 1110. The lowest BCUT2D eigenvalue weighted by atomic mass is 9.96. The SMILES string of the molecule is C/C(=N\Nc1nc(Nc2ccc([N+](=O)[O-])cc2)nc(NC2CCCCC2)n1)c1ccccc1. The number of hydrogen-bond acceptors (Lipinski definition) is 9. The zero-order valence-electron chi connectivity index (χ0n) is 18.4. The molecule has 0 spiro atoms. The van der Waals surface area contributed by atoms with E-state index in [9.17, 15) is 10.1 Å². The van der Waals surface area contributed by atoms with Crippen molar-refractivity contribution in [1.29, 1.82) is 0 Å². The van der Waals surface area contributed by atoms with Gasteiger partial charge in [0.2, 0.25) is 17.8 Å². The average Bonchev–Trinajstić information content (AvgIpc) is 2.84. The van der Waals surface area contributed by atoms with Gasteiger partial charge in [-0.05, 0) is 37.5 Å². The molecule has 4 rings (SSSR count). The van der Waals surface area contributed by atoms with E-state index in [2.05, 4.69) is 36.1 Å². The molecule has 0 bridgehead atoms. The molecule has 1 saturated carbocycles. The summed E-state index contributed by atoms with van der Waals surface area (Å²) in [5.41, 5.74) is 5.36. The molecule has 3 aromatic rings. The van der Waals surface area contributed by atoms with Crippen molar-refractivity contribution in [2.75, 3.05) is 16.1 Å². The van der Waals surface area contributed by atoms with Crippen LogP contribution in [0.5, 0.6) is 0 Å². The Morgan fingerprint density at radius 1 is 0.939 bits per heavy atom. The van der Waals surface area contributed by atoms with Crippen LogP contribution >= 0.6 is 0 Å². The molecular weight excluding hydrogens is 420 g/mol. The molecule has 0 radical (unpaired) electrons. The van der Waals surface area contributed by atoms with Crippen molar-refractivity contribution in [1.82, 2.24) is 15.0 Å². The van der Waals surface area contributed by atoms with Crippen LogP contribution in [0.15, 0.2) is 59.7 Å². The van der Waals surface area contributed by atoms with Crippen molar-refractivity contribution in [2.24, 2.45) is 5.10 Å². The monoisotopic (exact) mass is 446 g/mol. The lowest BCUT2D eigenvalue weighted by Crippen LogP contribution is -2.24. The maximum Gasteiger partial charge on any atom is 0.269 e. The maximum atomic E-state index is 10.9. The molecule has 0 saturated heterocycles. The predicted molar refractivity (Wildman–Crippen MR) is 129 cm³/mol. The number of anilines is 4. The molecule has 1 aliphatic rings. The Balaban J connectivity index is 1.56. The molecule has 10 heteroatoms. The fourth-order valence-corrected chi connectivity index (χ4v) is 3.65. The Hall–Kier alpha value is -4.08. The van der Waals surface area contributed by atoms with E-state index < -0.39 is 4.92 Å². The van der Waals surface area contributed by atoms with Gasteiger partial charge in [0.05, 0.1) is 10.6 Å². The smallest absolute Gasteiger partial charge is 0.269 e. The molecular formula is C23H26N8O2. The van der Waals surface area contributed by atoms with Gasteiger partial charge < -0.3 is 10.6 Å². The minimum atomic E-state index is -0.436. The molecule has 0 aliphatic heterocycles. The first-order valence-electron chi connectivity index (χ1n) is 11.0. The molecule has 3 N–H and O–H groups in total. The highest BCUT2D eigenvalue weighted by molar-refractivity contribution is 5.98. The Morgan fingerprint density at radius 3 is 2.30 bits per heavy atom. The average molecular weight is 447 g/mol. The third kappa shape index (κ3) is 6.22. The van der Waals surface area contributed by atoms with Crippen LogP contribution in [0.4, 0.5) is 29.2 Å². The van der Waals surface area contributed by atoms with Gasteiger partial charge in [0.15, 0.2) is 0 Å². The molecule has 0 unspecified atom stereocenters. The highest BCUT2D eigenvalue weighted by Crippen LogP contribution is 2.23. The Kier molecular flexibility index (Phi) is 7.03. The number of nitro benzene ring substituents is 1. The van der Waals surface area contributed by atoms with Gasteiger partial charge in [-0.3, -0.25) is 10.1 Å². The quantitative estimate of drug-likeness (QED) is 0.247. The van der Waals surface area contributed by atoms with Crippen molar-refractivity contribution in [3.8, 4) is 0 Å². The predicted octanol–water partition coefficient (Wildman–Crippen LogP) is 5.10. The number of nitro groups is 1. The minimum Gasteiger partial charge on any atom is -0.351 e. The third-order valence-corrected chi connectivity index (χ3v) is 5.42. The highest BCUT2D eigenvalue weighted by atomic mass is 16.6. The second-order valence-corrected chi connectivity index (χ2v) is 7.89. The van der Waals surface area contributed by atoms with E-state index in [1.54, 1.807) is 12.1 Å². The summed E-state index contributed by atoms with van der Waals surface area (Å²) in [6.45, 7) is 1.90. The highest BCUT2D eigenvalue weighted by Gasteiger charge is 2.16. The van der Waals surface area contributed by atoms with E-state index >= 15 is 0 Å². The molecule has 10 nitrogen and oxygen atoms in total. The van der Waals surface area contributed by atoms with Crippen LogP contribution in [0.25, 0.3) is 0 Å². The number of hydrazone groups is 1. The van der Waals surface area contributed by atoms with Gasteiger partial charge in [0.1, 0.15) is 0 Å². The van der Waals surface area contributed by atoms with Gasteiger partial charge in [-0.25, -0.2) is 5.43 Å². The first kappa shape index (κ1) is 22.1. The zero-order chi connectivity index (χ0) is 23.0. The molecule has 1 aliphatic carbocycles. The fourth-order valence-electron chi connectivity index (χ4n) is 3.65. The van der Waals surface area contributed by atoms with E-state index in [0.29, 0.717) is 29.6 Å². The summed E-state index contributed by atoms with van der Waals surface area (Å²) in [5, 5.41) is 21.8. The third-order valence-electron chi connectivity index (χ3n) is 5.42. The van der Waals surface area contributed by atoms with Gasteiger partial charge in [-0.1, -0.05) is 49.6 Å². The standard InChI is InChI=1S/C23H26N8O2/c1-16(17-8-4-2-5-9-17)29-30-23-27-21(24-18-10-6-3-7-11-18)26-22(28-23)25-19-12-14-20(15-13-19)31(32)33/h2,4-5,8-9,12-15,18H,3,6-7,10-11H2,1H3,(H3,24,25,26,27,28,30)/b29-16+. The van der Waals surface area contributed by atoms with Crippen molar-refractivity contribution in [2.45, 2.75) is 45.1 Å². The first-order chi connectivity index (χ1) is 16.1. The summed E-state index contributed by atoms with van der Waals surface area (Å²) < 4.78 is 0. The van der Waals surface area contributed by atoms with Gasteiger partial charge >= 0.3 is 0 Å². The summed E-state index contributed by atoms with van der Waals surface area (Å²) in [7, 11) is 0. The normalized spacial score (nSPS) is 14.5. The second-order valence-electron chi connectivity index (χ2n) is 7.89. The zero-order valence-corrected chi connectivity index (χ0v) is 18.4. The van der Waals surface area contributed by atoms with Crippen molar-refractivity contribution >= 4 is 34.9 Å². The topological polar surface area (TPSA) is 130 Å². The van der Waals surface area contributed by atoms with Crippen molar-refractivity contribution in [3.63, 3.8) is 0 Å². The first-order valence-corrected chi connectivity index (χ1v) is 11.0. The lowest BCUT2D eigenvalue weighted by Gasteiger charge is -2.23. The van der Waals surface area contributed by atoms with Crippen LogP contribution in [0.3, 0.4) is 0 Å². The largest absolute Gasteiger partial charge is 0.351 e. The van der Waals surface area contributed by atoms with Crippen LogP contribution in [-0.2, 0) is 0 Å². The second kappa shape index (κ2) is 10.5. The van der Waals surface area contributed by atoms with Gasteiger partial charge in [-0.2, -0.15) is 20.1 Å². The van der Waals surface area contributed by atoms with Crippen LogP contribution in [0.1, 0.15) is 44.6 Å². The summed E-state index contributed by atoms with van der Waals surface area (Å²) in [4.78, 5) is 23.9. The number of nitrogens with one attached hydrogen (secondary N) is 3. The molecule has 1 aromatic heterocycles. The molecule has 0 amide bonds. The van der Waals surface area contributed by atoms with Crippen LogP contribution in [0.2, 0.25) is 0 Å². The minimum absolute atomic E-state index is 0.0175. The number of hydrogen-bond donors (Lipinski definition) is 3. The van der Waals surface area contributed by atoms with E-state index in [0.717, 1.165) is 24.1 Å². The number of nitrogens with zero attached hydrogens (tertiary/aromatic N) is 5. The number of rotatable bonds is 8. The molecule has 170 valence electrons. The molecule has 0 atom stereocenters. The molecule has 1 heterocycles. The Labute approximate surface area is 191 Å². The molecule has 2 aromatic carbocycles. The van der Waals surface area contributed by atoms with Crippen molar-refractivity contribution < 1.29 is 4.92 Å². The van der Waals surface area contributed by atoms with E-state index in [-0.39, 0.29) is 5.69 Å². The lowest BCUT2D eigenvalue weighted by molar-refractivity contribution is -0.384. The number of benzene rings is 2. The van der Waals surface area contributed by atoms with Crippen molar-refractivity contribution in [3.05, 3.63) is 70.3 Å². The van der Waals surface area contributed by atoms with E-state index in [1.807, 2.05) is 37.3 Å². The number of aromatic nitrogens is 3. The maximum absolute atomic E-state index is 10.9. The summed E-state index contributed by atoms with van der Waals surface area (Å²) >= 11 is 0. The summed E-state index contributed by atoms with van der Waals surface area (Å²) in [6, 6.07) is 16.2. The molecule has 1 fully saturated rings. The van der Waals surface area contributed by atoms with Crippen LogP contribution in [-0.4, -0.2) is 31.6 Å². The molecule has 33 heavy (non-hydrogen) atoms. The van der Waals surface area contributed by atoms with Gasteiger partial charge in [0.25, 0.3) is 5.69 Å². The van der Waals surface area contributed by atoms with Crippen LogP contribution in [0, 0.1) is 10.1 Å². The number of non-ortho nitro benzene ring substituents is 1. The summed E-state index contributed by atoms with van der Waals surface area (Å²) in [5.74, 6) is 1.06. The summed E-state index contributed by atoms with van der Waals surface area (Å²) in [6.07, 6.45) is 5.77. The fraction of sp³-hybridized carbons (Fsp3) is 0.304. The Morgan fingerprint density at radius 2 is 1.61 bits per heavy atom. The van der Waals surface area contributed by atoms with E-state index in [1.165, 1.54) is 31.4 Å².